The van der Waals surface area contributed by atoms with Crippen molar-refractivity contribution < 1.29 is 18.3 Å². The molecule has 6 heteroatoms. The van der Waals surface area contributed by atoms with Crippen molar-refractivity contribution in [1.82, 2.24) is 4.90 Å². The molecule has 0 radical (unpaired) electrons. The highest BCUT2D eigenvalue weighted by Gasteiger charge is 2.57. The largest absolute Gasteiger partial charge is 0.418 e. The highest BCUT2D eigenvalue weighted by atomic mass is 35.5. The van der Waals surface area contributed by atoms with E-state index in [1.807, 2.05) is 0 Å². The summed E-state index contributed by atoms with van der Waals surface area (Å²) in [6, 6.07) is 0. The van der Waals surface area contributed by atoms with E-state index in [0.29, 0.717) is 12.5 Å². The van der Waals surface area contributed by atoms with Crippen molar-refractivity contribution in [2.45, 2.75) is 37.5 Å². The van der Waals surface area contributed by atoms with Crippen LogP contribution < -0.4 is 0 Å². The van der Waals surface area contributed by atoms with E-state index in [9.17, 15) is 18.3 Å². The topological polar surface area (TPSA) is 23.5 Å². The molecule has 2 rings (SSSR count). The van der Waals surface area contributed by atoms with Gasteiger partial charge in [-0.05, 0) is 25.2 Å². The summed E-state index contributed by atoms with van der Waals surface area (Å²) in [4.78, 5) is 1.75. The summed E-state index contributed by atoms with van der Waals surface area (Å²) in [5.41, 5.74) is -2.46. The first-order valence-corrected chi connectivity index (χ1v) is 5.42. The van der Waals surface area contributed by atoms with Crippen molar-refractivity contribution in [3.05, 3.63) is 0 Å². The predicted molar refractivity (Wildman–Crippen MR) is 56.7 cm³/mol. The maximum absolute atomic E-state index is 12.5. The van der Waals surface area contributed by atoms with Gasteiger partial charge in [0.1, 0.15) is 0 Å². The zero-order valence-corrected chi connectivity index (χ0v) is 9.78. The third-order valence-electron chi connectivity index (χ3n) is 3.60. The summed E-state index contributed by atoms with van der Waals surface area (Å²) in [6.07, 6.45) is -1.21. The van der Waals surface area contributed by atoms with Gasteiger partial charge in [-0.15, -0.1) is 12.4 Å². The second kappa shape index (κ2) is 4.70. The molecule has 1 heterocycles. The summed E-state index contributed by atoms with van der Waals surface area (Å²) in [5.74, 6) is 0.556. The highest BCUT2D eigenvalue weighted by molar-refractivity contribution is 5.85. The average Bonchev–Trinajstić information content (AvgIpc) is 2.40. The fourth-order valence-corrected chi connectivity index (χ4v) is 2.30. The molecule has 2 aliphatic rings. The van der Waals surface area contributed by atoms with E-state index in [-0.39, 0.29) is 25.4 Å². The van der Waals surface area contributed by atoms with Gasteiger partial charge >= 0.3 is 6.18 Å². The Bertz CT molecular complexity index is 245. The lowest BCUT2D eigenvalue weighted by Crippen LogP contribution is -2.47. The average molecular weight is 260 g/mol. The Balaban J connectivity index is 0.00000128. The molecule has 1 aliphatic carbocycles. The number of nitrogens with zero attached hydrogens (tertiary/aromatic N) is 1. The molecule has 0 bridgehead atoms. The minimum atomic E-state index is -4.48. The standard InChI is InChI=1S/C10H16F3NO.ClH/c11-10(12,13)9(15)4-5-14(7-9)6-8-2-1-3-8;/h8,15H,1-7H2;1H. The van der Waals surface area contributed by atoms with Crippen LogP contribution in [-0.2, 0) is 0 Å². The normalized spacial score (nSPS) is 32.2. The van der Waals surface area contributed by atoms with Gasteiger partial charge in [0.05, 0.1) is 0 Å². The second-order valence-corrected chi connectivity index (χ2v) is 4.81. The Morgan fingerprint density at radius 3 is 2.31 bits per heavy atom. The summed E-state index contributed by atoms with van der Waals surface area (Å²) >= 11 is 0. The number of hydrogen-bond donors (Lipinski definition) is 1. The first-order valence-electron chi connectivity index (χ1n) is 5.42. The van der Waals surface area contributed by atoms with Gasteiger partial charge in [-0.25, -0.2) is 0 Å². The fourth-order valence-electron chi connectivity index (χ4n) is 2.30. The summed E-state index contributed by atoms with van der Waals surface area (Å²) < 4.78 is 37.4. The van der Waals surface area contributed by atoms with Crippen molar-refractivity contribution in [3.63, 3.8) is 0 Å². The Morgan fingerprint density at radius 2 is 1.94 bits per heavy atom. The molecule has 0 amide bonds. The van der Waals surface area contributed by atoms with Crippen LogP contribution in [0.25, 0.3) is 0 Å². The Kier molecular flexibility index (Phi) is 4.13. The molecule has 1 aliphatic heterocycles. The number of rotatable bonds is 2. The third kappa shape index (κ3) is 2.63. The molecule has 1 atom stereocenters. The first kappa shape index (κ1) is 14.1. The van der Waals surface area contributed by atoms with Gasteiger partial charge in [-0.3, -0.25) is 4.90 Å². The van der Waals surface area contributed by atoms with Crippen LogP contribution >= 0.6 is 12.4 Å². The molecule has 0 spiro atoms. The van der Waals surface area contributed by atoms with Crippen LogP contribution in [0.2, 0.25) is 0 Å². The first-order chi connectivity index (χ1) is 6.91. The van der Waals surface area contributed by atoms with Crippen LogP contribution in [0.5, 0.6) is 0 Å². The van der Waals surface area contributed by atoms with Gasteiger partial charge in [0.2, 0.25) is 0 Å². The lowest BCUT2D eigenvalue weighted by Gasteiger charge is -2.31. The molecule has 0 aromatic rings. The number of aliphatic hydroxyl groups is 1. The van der Waals surface area contributed by atoms with Crippen molar-refractivity contribution in [2.75, 3.05) is 19.6 Å². The minimum absolute atomic E-state index is 0. The van der Waals surface area contributed by atoms with Crippen LogP contribution in [0.3, 0.4) is 0 Å². The SMILES string of the molecule is Cl.OC1(C(F)(F)F)CCN(CC2CCC2)C1. The molecule has 96 valence electrons. The molecule has 0 aromatic heterocycles. The van der Waals surface area contributed by atoms with Crippen LogP contribution in [0.4, 0.5) is 13.2 Å². The third-order valence-corrected chi connectivity index (χ3v) is 3.60. The van der Waals surface area contributed by atoms with Gasteiger partial charge in [-0.2, -0.15) is 13.2 Å². The van der Waals surface area contributed by atoms with Crippen molar-refractivity contribution in [3.8, 4) is 0 Å². The molecule has 1 N–H and O–H groups in total. The number of halogens is 4. The van der Waals surface area contributed by atoms with Crippen molar-refractivity contribution >= 4 is 12.4 Å². The van der Waals surface area contributed by atoms with E-state index in [2.05, 4.69) is 0 Å². The van der Waals surface area contributed by atoms with Gasteiger partial charge in [-0.1, -0.05) is 6.42 Å². The molecule has 1 unspecified atom stereocenters. The molecule has 2 fully saturated rings. The Hall–Kier alpha value is -0.0000000000000000486. The van der Waals surface area contributed by atoms with Crippen LogP contribution in [-0.4, -0.2) is 41.4 Å². The second-order valence-electron chi connectivity index (χ2n) is 4.81. The highest BCUT2D eigenvalue weighted by Crippen LogP contribution is 2.38. The number of likely N-dealkylation sites (tertiary alicyclic amines) is 1. The van der Waals surface area contributed by atoms with Gasteiger partial charge in [0, 0.05) is 19.6 Å². The number of hydrogen-bond acceptors (Lipinski definition) is 2. The minimum Gasteiger partial charge on any atom is -0.379 e. The zero-order valence-electron chi connectivity index (χ0n) is 8.96. The molecule has 16 heavy (non-hydrogen) atoms. The van der Waals surface area contributed by atoms with Crippen molar-refractivity contribution in [2.24, 2.45) is 5.92 Å². The summed E-state index contributed by atoms with van der Waals surface area (Å²) in [7, 11) is 0. The van der Waals surface area contributed by atoms with E-state index < -0.39 is 11.8 Å². The monoisotopic (exact) mass is 259 g/mol. The molecule has 2 nitrogen and oxygen atoms in total. The van der Waals surface area contributed by atoms with Crippen LogP contribution in [0.1, 0.15) is 25.7 Å². The van der Waals surface area contributed by atoms with Crippen LogP contribution in [0, 0.1) is 5.92 Å². The van der Waals surface area contributed by atoms with E-state index in [1.54, 1.807) is 4.90 Å². The molecule has 0 aromatic carbocycles. The maximum atomic E-state index is 12.5. The van der Waals surface area contributed by atoms with E-state index >= 15 is 0 Å². The van der Waals surface area contributed by atoms with Crippen molar-refractivity contribution in [1.29, 1.82) is 0 Å². The molecule has 1 saturated heterocycles. The van der Waals surface area contributed by atoms with Gasteiger partial charge in [0.25, 0.3) is 0 Å². The molecular formula is C10H17ClF3NO. The Morgan fingerprint density at radius 1 is 1.31 bits per heavy atom. The van der Waals surface area contributed by atoms with Gasteiger partial charge in [0.15, 0.2) is 5.60 Å². The lowest BCUT2D eigenvalue weighted by molar-refractivity contribution is -0.254. The zero-order chi connectivity index (χ0) is 11.1. The molecule has 1 saturated carbocycles. The lowest BCUT2D eigenvalue weighted by atomic mass is 9.85. The summed E-state index contributed by atoms with van der Waals surface area (Å²) in [6.45, 7) is 0.845. The van der Waals surface area contributed by atoms with E-state index in [1.165, 1.54) is 6.42 Å². The number of β-amino-alcohol motifs (C(OH)–C–C–N with tert-alkyl or cyclic N) is 1. The van der Waals surface area contributed by atoms with Gasteiger partial charge < -0.3 is 5.11 Å². The fraction of sp³-hybridized carbons (Fsp3) is 1.00. The van der Waals surface area contributed by atoms with E-state index in [4.69, 9.17) is 0 Å². The summed E-state index contributed by atoms with van der Waals surface area (Å²) in [5, 5.41) is 9.44. The van der Waals surface area contributed by atoms with E-state index in [0.717, 1.165) is 19.4 Å². The van der Waals surface area contributed by atoms with Crippen LogP contribution in [0.15, 0.2) is 0 Å². The predicted octanol–water partition coefficient (Wildman–Crippen LogP) is 2.21. The Labute approximate surface area is 99.2 Å². The molecular weight excluding hydrogens is 243 g/mol. The number of alkyl halides is 3. The maximum Gasteiger partial charge on any atom is 0.418 e. The quantitative estimate of drug-likeness (QED) is 0.822. The smallest absolute Gasteiger partial charge is 0.379 e.